The van der Waals surface area contributed by atoms with E-state index in [9.17, 15) is 4.79 Å². The first-order valence-corrected chi connectivity index (χ1v) is 13.7. The highest BCUT2D eigenvalue weighted by Crippen LogP contribution is 2.48. The van der Waals surface area contributed by atoms with Gasteiger partial charge in [-0.25, -0.2) is 4.68 Å². The Hall–Kier alpha value is -2.55. The maximum absolute atomic E-state index is 11.6. The number of nitrogens with one attached hydrogen (secondary N) is 1. The SMILES string of the molecule is CCN(CC)C(=S)Nn1c(Sc2ccc(C(N)=O)cc2)c2c3c(cccc31)[C@H]1CCCN(C)[C@@H]1C2. The van der Waals surface area contributed by atoms with Crippen molar-refractivity contribution in [1.82, 2.24) is 14.5 Å². The molecule has 0 spiro atoms. The lowest BCUT2D eigenvalue weighted by Gasteiger charge is -2.42. The fourth-order valence-electron chi connectivity index (χ4n) is 5.71. The molecule has 0 saturated carbocycles. The third-order valence-corrected chi connectivity index (χ3v) is 9.04. The Labute approximate surface area is 216 Å². The van der Waals surface area contributed by atoms with Crippen LogP contribution in [-0.4, -0.2) is 58.2 Å². The second-order valence-electron chi connectivity index (χ2n) is 9.44. The van der Waals surface area contributed by atoms with E-state index in [1.165, 1.54) is 34.9 Å². The minimum atomic E-state index is -0.409. The molecule has 8 heteroatoms. The highest BCUT2D eigenvalue weighted by atomic mass is 32.2. The maximum atomic E-state index is 11.6. The van der Waals surface area contributed by atoms with Crippen molar-refractivity contribution < 1.29 is 4.79 Å². The first-order chi connectivity index (χ1) is 16.9. The predicted octanol–water partition coefficient (Wildman–Crippen LogP) is 4.80. The number of thiocarbonyl (C=S) groups is 1. The van der Waals surface area contributed by atoms with Crippen molar-refractivity contribution in [3.05, 3.63) is 59.2 Å². The average molecular weight is 508 g/mol. The number of fused-ring (bicyclic) bond motifs is 2. The van der Waals surface area contributed by atoms with Crippen LogP contribution in [0, 0.1) is 0 Å². The first kappa shape index (κ1) is 24.2. The Morgan fingerprint density at radius 1 is 1.20 bits per heavy atom. The van der Waals surface area contributed by atoms with E-state index in [1.54, 1.807) is 23.9 Å². The predicted molar refractivity (Wildman–Crippen MR) is 148 cm³/mol. The van der Waals surface area contributed by atoms with Gasteiger partial charge in [0.2, 0.25) is 5.91 Å². The number of nitrogens with zero attached hydrogens (tertiary/aromatic N) is 3. The van der Waals surface area contributed by atoms with Gasteiger partial charge < -0.3 is 15.5 Å². The van der Waals surface area contributed by atoms with Crippen LogP contribution in [0.5, 0.6) is 0 Å². The van der Waals surface area contributed by atoms with Gasteiger partial charge in [-0.05, 0) is 100 Å². The van der Waals surface area contributed by atoms with Crippen molar-refractivity contribution in [2.75, 3.05) is 32.1 Å². The van der Waals surface area contributed by atoms with Gasteiger partial charge in [0.25, 0.3) is 0 Å². The largest absolute Gasteiger partial charge is 0.366 e. The monoisotopic (exact) mass is 507 g/mol. The zero-order valence-corrected chi connectivity index (χ0v) is 22.2. The summed E-state index contributed by atoms with van der Waals surface area (Å²) in [5.41, 5.74) is 13.6. The van der Waals surface area contributed by atoms with E-state index in [0.29, 0.717) is 17.5 Å². The lowest BCUT2D eigenvalue weighted by atomic mass is 9.75. The molecule has 6 nitrogen and oxygen atoms in total. The van der Waals surface area contributed by atoms with Crippen LogP contribution in [0.25, 0.3) is 10.9 Å². The number of likely N-dealkylation sites (tertiary alicyclic amines) is 1. The molecule has 1 saturated heterocycles. The van der Waals surface area contributed by atoms with Crippen molar-refractivity contribution in [3.8, 4) is 0 Å². The van der Waals surface area contributed by atoms with Crippen molar-refractivity contribution in [2.45, 2.75) is 55.0 Å². The summed E-state index contributed by atoms with van der Waals surface area (Å²) >= 11 is 7.54. The summed E-state index contributed by atoms with van der Waals surface area (Å²) in [6, 6.07) is 14.8. The summed E-state index contributed by atoms with van der Waals surface area (Å²) < 4.78 is 2.19. The molecule has 0 unspecified atom stereocenters. The van der Waals surface area contributed by atoms with Crippen molar-refractivity contribution >= 4 is 45.9 Å². The van der Waals surface area contributed by atoms with Crippen LogP contribution in [0.2, 0.25) is 0 Å². The molecule has 35 heavy (non-hydrogen) atoms. The summed E-state index contributed by atoms with van der Waals surface area (Å²) in [6.45, 7) is 7.10. The fraction of sp³-hybridized carbons (Fsp3) is 0.407. The number of likely N-dealkylation sites (N-methyl/N-ethyl adjacent to an activating group) is 1. The highest BCUT2D eigenvalue weighted by molar-refractivity contribution is 7.99. The van der Waals surface area contributed by atoms with Gasteiger partial charge in [-0.1, -0.05) is 23.9 Å². The fourth-order valence-corrected chi connectivity index (χ4v) is 7.10. The van der Waals surface area contributed by atoms with E-state index in [-0.39, 0.29) is 0 Å². The summed E-state index contributed by atoms with van der Waals surface area (Å²) in [6.07, 6.45) is 3.49. The van der Waals surface area contributed by atoms with E-state index in [1.807, 2.05) is 12.1 Å². The second-order valence-corrected chi connectivity index (χ2v) is 10.9. The van der Waals surface area contributed by atoms with E-state index in [4.69, 9.17) is 18.0 Å². The molecule has 0 radical (unpaired) electrons. The van der Waals surface area contributed by atoms with Crippen LogP contribution in [0.1, 0.15) is 54.1 Å². The van der Waals surface area contributed by atoms with E-state index >= 15 is 0 Å². The van der Waals surface area contributed by atoms with Crippen LogP contribution < -0.4 is 11.2 Å². The van der Waals surface area contributed by atoms with Gasteiger partial charge in [0.05, 0.1) is 5.52 Å². The van der Waals surface area contributed by atoms with Crippen molar-refractivity contribution in [2.24, 2.45) is 5.73 Å². The molecular weight excluding hydrogens is 474 g/mol. The topological polar surface area (TPSA) is 66.5 Å². The summed E-state index contributed by atoms with van der Waals surface area (Å²) in [5.74, 6) is 0.149. The molecule has 2 heterocycles. The normalized spacial score (nSPS) is 19.4. The number of nitrogens with two attached hydrogens (primary N) is 1. The molecule has 2 aliphatic rings. The average Bonchev–Trinajstić information content (AvgIpc) is 3.14. The third kappa shape index (κ3) is 4.32. The summed E-state index contributed by atoms with van der Waals surface area (Å²) in [4.78, 5) is 17.3. The van der Waals surface area contributed by atoms with Crippen LogP contribution in [0.15, 0.2) is 52.4 Å². The minimum Gasteiger partial charge on any atom is -0.366 e. The summed E-state index contributed by atoms with van der Waals surface area (Å²) in [5, 5.41) is 3.25. The van der Waals surface area contributed by atoms with Gasteiger partial charge >= 0.3 is 0 Å². The Kier molecular flexibility index (Phi) is 6.79. The lowest BCUT2D eigenvalue weighted by molar-refractivity contribution is 0.1000. The molecule has 1 aliphatic heterocycles. The Balaban J connectivity index is 1.65. The highest BCUT2D eigenvalue weighted by Gasteiger charge is 2.38. The van der Waals surface area contributed by atoms with Crippen LogP contribution >= 0.6 is 24.0 Å². The molecule has 1 aliphatic carbocycles. The molecule has 1 aromatic heterocycles. The lowest BCUT2D eigenvalue weighted by Crippen LogP contribution is -2.44. The van der Waals surface area contributed by atoms with Crippen LogP contribution in [0.4, 0.5) is 0 Å². The quantitative estimate of drug-likeness (QED) is 0.468. The van der Waals surface area contributed by atoms with Gasteiger partial charge in [-0.3, -0.25) is 10.2 Å². The second kappa shape index (κ2) is 9.84. The number of primary amides is 1. The van der Waals surface area contributed by atoms with E-state index < -0.39 is 5.91 Å². The molecule has 1 fully saturated rings. The maximum Gasteiger partial charge on any atom is 0.248 e. The number of hydrogen-bond donors (Lipinski definition) is 2. The zero-order chi connectivity index (χ0) is 24.7. The van der Waals surface area contributed by atoms with Gasteiger partial charge in [0, 0.05) is 40.9 Å². The molecule has 5 rings (SSSR count). The Morgan fingerprint density at radius 2 is 1.94 bits per heavy atom. The van der Waals surface area contributed by atoms with E-state index in [0.717, 1.165) is 41.1 Å². The number of rotatable bonds is 6. The van der Waals surface area contributed by atoms with Crippen molar-refractivity contribution in [3.63, 3.8) is 0 Å². The Bertz CT molecular complexity index is 1260. The summed E-state index contributed by atoms with van der Waals surface area (Å²) in [7, 11) is 2.27. The molecule has 2 aromatic carbocycles. The van der Waals surface area contributed by atoms with Crippen LogP contribution in [-0.2, 0) is 6.42 Å². The van der Waals surface area contributed by atoms with Gasteiger partial charge in [-0.15, -0.1) is 0 Å². The number of amides is 1. The molecular formula is C27H33N5OS2. The van der Waals surface area contributed by atoms with Gasteiger partial charge in [-0.2, -0.15) is 0 Å². The standard InChI is InChI=1S/C27H33N5OS2/c1-4-31(5-2)27(34)29-32-22-10-6-8-20-19-9-7-15-30(3)23(19)16-21(24(20)22)26(32)35-18-13-11-17(12-14-18)25(28)33/h6,8,10-14,19,23H,4-5,7,9,15-16H2,1-3H3,(H2,28,33)(H,29,34)/t19-,23-/m1/s1. The molecule has 2 atom stereocenters. The molecule has 184 valence electrons. The van der Waals surface area contributed by atoms with Crippen molar-refractivity contribution in [1.29, 1.82) is 0 Å². The molecule has 1 amide bonds. The smallest absolute Gasteiger partial charge is 0.248 e. The number of benzene rings is 2. The molecule has 3 aromatic rings. The van der Waals surface area contributed by atoms with Gasteiger partial charge in [0.1, 0.15) is 5.03 Å². The Morgan fingerprint density at radius 3 is 2.63 bits per heavy atom. The third-order valence-electron chi connectivity index (χ3n) is 7.56. The zero-order valence-electron chi connectivity index (χ0n) is 20.6. The van der Waals surface area contributed by atoms with Crippen LogP contribution in [0.3, 0.4) is 0 Å². The molecule has 0 bridgehead atoms. The number of hydrogen-bond acceptors (Lipinski definition) is 4. The van der Waals surface area contributed by atoms with E-state index in [2.05, 4.69) is 59.0 Å². The number of piperidine rings is 1. The first-order valence-electron chi connectivity index (χ1n) is 12.4. The number of carbonyl (C=O) groups is 1. The molecule has 3 N–H and O–H groups in total. The minimum absolute atomic E-state index is 0.409. The van der Waals surface area contributed by atoms with Gasteiger partial charge in [0.15, 0.2) is 5.11 Å². The number of carbonyl (C=O) groups excluding carboxylic acids is 1. The number of aromatic nitrogens is 1.